The molecule has 1 spiro atoms. The Hall–Kier alpha value is -0.0800. The van der Waals surface area contributed by atoms with Gasteiger partial charge in [-0.05, 0) is 56.3 Å². The van der Waals surface area contributed by atoms with Crippen LogP contribution in [0.25, 0.3) is 0 Å². The van der Waals surface area contributed by atoms with E-state index in [0.717, 1.165) is 32.3 Å². The summed E-state index contributed by atoms with van der Waals surface area (Å²) in [6, 6.07) is 0. The Balaban J connectivity index is 2.10. The first-order valence-corrected chi connectivity index (χ1v) is 8.72. The van der Waals surface area contributed by atoms with E-state index in [1.807, 2.05) is 0 Å². The van der Waals surface area contributed by atoms with Crippen LogP contribution in [0.3, 0.4) is 0 Å². The molecule has 118 valence electrons. The van der Waals surface area contributed by atoms with Gasteiger partial charge >= 0.3 is 0 Å². The van der Waals surface area contributed by atoms with Gasteiger partial charge in [0.2, 0.25) is 0 Å². The summed E-state index contributed by atoms with van der Waals surface area (Å²) in [4.78, 5) is 0. The lowest BCUT2D eigenvalue weighted by atomic mass is 9.69. The zero-order chi connectivity index (χ0) is 14.8. The molecule has 1 aliphatic heterocycles. The van der Waals surface area contributed by atoms with E-state index < -0.39 is 5.60 Å². The van der Waals surface area contributed by atoms with Crippen LogP contribution in [-0.2, 0) is 4.74 Å². The summed E-state index contributed by atoms with van der Waals surface area (Å²) in [5, 5.41) is 11.4. The molecular formula is C18H34O2. The standard InChI is InChI=1S/C18H34O2/c1-14(2)11-18(19,12-15(3)4)16-7-10-20-17(13-16)8-5-6-9-17/h14-16,19H,5-13H2,1-4H3. The van der Waals surface area contributed by atoms with Crippen LogP contribution in [0.1, 0.15) is 79.1 Å². The number of hydrogen-bond acceptors (Lipinski definition) is 2. The van der Waals surface area contributed by atoms with Gasteiger partial charge in [0.15, 0.2) is 0 Å². The highest BCUT2D eigenvalue weighted by atomic mass is 16.5. The highest BCUT2D eigenvalue weighted by Gasteiger charge is 2.47. The van der Waals surface area contributed by atoms with E-state index in [2.05, 4.69) is 27.7 Å². The average molecular weight is 282 g/mol. The Morgan fingerprint density at radius 1 is 1.10 bits per heavy atom. The fourth-order valence-electron chi connectivity index (χ4n) is 4.68. The molecule has 0 aromatic carbocycles. The summed E-state index contributed by atoms with van der Waals surface area (Å²) >= 11 is 0. The van der Waals surface area contributed by atoms with E-state index in [4.69, 9.17) is 4.74 Å². The topological polar surface area (TPSA) is 29.5 Å². The summed E-state index contributed by atoms with van der Waals surface area (Å²) in [6.07, 6.45) is 9.03. The minimum atomic E-state index is -0.484. The molecule has 1 atom stereocenters. The molecule has 0 bridgehead atoms. The second-order valence-corrected chi connectivity index (χ2v) is 8.23. The molecule has 20 heavy (non-hydrogen) atoms. The first kappa shape index (κ1) is 16.3. The van der Waals surface area contributed by atoms with Crippen LogP contribution < -0.4 is 0 Å². The van der Waals surface area contributed by atoms with Crippen molar-refractivity contribution in [1.29, 1.82) is 0 Å². The Bertz CT molecular complexity index is 293. The van der Waals surface area contributed by atoms with Crippen LogP contribution in [0.5, 0.6) is 0 Å². The van der Waals surface area contributed by atoms with Gasteiger partial charge in [0.25, 0.3) is 0 Å². The highest BCUT2D eigenvalue weighted by Crippen LogP contribution is 2.47. The molecule has 2 rings (SSSR count). The van der Waals surface area contributed by atoms with Crippen molar-refractivity contribution in [2.45, 2.75) is 90.3 Å². The molecule has 1 unspecified atom stereocenters. The van der Waals surface area contributed by atoms with E-state index in [9.17, 15) is 5.11 Å². The maximum Gasteiger partial charge on any atom is 0.0686 e. The lowest BCUT2D eigenvalue weighted by Crippen LogP contribution is -2.48. The van der Waals surface area contributed by atoms with Gasteiger partial charge in [0, 0.05) is 6.61 Å². The molecule has 0 aromatic heterocycles. The molecule has 1 N–H and O–H groups in total. The van der Waals surface area contributed by atoms with Crippen LogP contribution in [0, 0.1) is 17.8 Å². The minimum Gasteiger partial charge on any atom is -0.390 e. The average Bonchev–Trinajstić information content (AvgIpc) is 2.75. The van der Waals surface area contributed by atoms with Crippen molar-refractivity contribution >= 4 is 0 Å². The Morgan fingerprint density at radius 2 is 1.65 bits per heavy atom. The lowest BCUT2D eigenvalue weighted by Gasteiger charge is -2.46. The van der Waals surface area contributed by atoms with Crippen LogP contribution in [-0.4, -0.2) is 22.9 Å². The Labute approximate surface area is 125 Å². The van der Waals surface area contributed by atoms with E-state index in [0.29, 0.717) is 17.8 Å². The monoisotopic (exact) mass is 282 g/mol. The van der Waals surface area contributed by atoms with E-state index in [-0.39, 0.29) is 5.60 Å². The van der Waals surface area contributed by atoms with Gasteiger partial charge < -0.3 is 9.84 Å². The van der Waals surface area contributed by atoms with Crippen molar-refractivity contribution in [3.8, 4) is 0 Å². The van der Waals surface area contributed by atoms with Crippen molar-refractivity contribution in [3.63, 3.8) is 0 Å². The second-order valence-electron chi connectivity index (χ2n) is 8.23. The Morgan fingerprint density at radius 3 is 2.15 bits per heavy atom. The van der Waals surface area contributed by atoms with Gasteiger partial charge in [-0.2, -0.15) is 0 Å². The second kappa shape index (κ2) is 6.36. The summed E-state index contributed by atoms with van der Waals surface area (Å²) in [5.41, 5.74) is -0.368. The van der Waals surface area contributed by atoms with Crippen molar-refractivity contribution in [2.75, 3.05) is 6.61 Å². The smallest absolute Gasteiger partial charge is 0.0686 e. The fraction of sp³-hybridized carbons (Fsp3) is 1.00. The van der Waals surface area contributed by atoms with Crippen LogP contribution in [0.2, 0.25) is 0 Å². The van der Waals surface area contributed by atoms with Crippen molar-refractivity contribution in [3.05, 3.63) is 0 Å². The van der Waals surface area contributed by atoms with Gasteiger partial charge in [0.05, 0.1) is 11.2 Å². The molecule has 0 radical (unpaired) electrons. The number of hydrogen-bond donors (Lipinski definition) is 1. The zero-order valence-electron chi connectivity index (χ0n) is 14.0. The van der Waals surface area contributed by atoms with E-state index in [1.165, 1.54) is 25.7 Å². The molecule has 1 saturated heterocycles. The zero-order valence-corrected chi connectivity index (χ0v) is 14.0. The van der Waals surface area contributed by atoms with Gasteiger partial charge in [0.1, 0.15) is 0 Å². The van der Waals surface area contributed by atoms with Crippen LogP contribution >= 0.6 is 0 Å². The van der Waals surface area contributed by atoms with Crippen LogP contribution in [0.15, 0.2) is 0 Å². The molecule has 2 nitrogen and oxygen atoms in total. The van der Waals surface area contributed by atoms with E-state index in [1.54, 1.807) is 0 Å². The first-order valence-electron chi connectivity index (χ1n) is 8.72. The summed E-state index contributed by atoms with van der Waals surface area (Å²) < 4.78 is 6.15. The summed E-state index contributed by atoms with van der Waals surface area (Å²) in [5.74, 6) is 1.54. The third-order valence-corrected chi connectivity index (χ3v) is 5.29. The molecule has 1 saturated carbocycles. The molecule has 2 fully saturated rings. The third kappa shape index (κ3) is 3.76. The SMILES string of the molecule is CC(C)CC(O)(CC(C)C)C1CCOC2(CCCC2)C1. The predicted molar refractivity (Wildman–Crippen MR) is 83.7 cm³/mol. The quantitative estimate of drug-likeness (QED) is 0.801. The molecule has 1 heterocycles. The molecule has 2 heteroatoms. The summed E-state index contributed by atoms with van der Waals surface area (Å²) in [6.45, 7) is 9.78. The number of rotatable bonds is 5. The molecular weight excluding hydrogens is 248 g/mol. The first-order chi connectivity index (χ1) is 9.35. The molecule has 2 aliphatic rings. The maximum atomic E-state index is 11.4. The van der Waals surface area contributed by atoms with Crippen molar-refractivity contribution in [2.24, 2.45) is 17.8 Å². The van der Waals surface area contributed by atoms with Crippen LogP contribution in [0.4, 0.5) is 0 Å². The maximum absolute atomic E-state index is 11.4. The van der Waals surface area contributed by atoms with E-state index >= 15 is 0 Å². The molecule has 1 aliphatic carbocycles. The van der Waals surface area contributed by atoms with Gasteiger partial charge in [-0.25, -0.2) is 0 Å². The molecule has 0 aromatic rings. The largest absolute Gasteiger partial charge is 0.390 e. The van der Waals surface area contributed by atoms with Crippen molar-refractivity contribution in [1.82, 2.24) is 0 Å². The highest BCUT2D eigenvalue weighted by molar-refractivity contribution is 4.98. The normalized spacial score (nSPS) is 26.9. The molecule has 0 amide bonds. The number of ether oxygens (including phenoxy) is 1. The van der Waals surface area contributed by atoms with Gasteiger partial charge in [-0.1, -0.05) is 40.5 Å². The van der Waals surface area contributed by atoms with Gasteiger partial charge in [-0.15, -0.1) is 0 Å². The Kier molecular flexibility index (Phi) is 5.18. The summed E-state index contributed by atoms with van der Waals surface area (Å²) in [7, 11) is 0. The van der Waals surface area contributed by atoms with Crippen molar-refractivity contribution < 1.29 is 9.84 Å². The fourth-order valence-corrected chi connectivity index (χ4v) is 4.68. The number of aliphatic hydroxyl groups is 1. The predicted octanol–water partition coefficient (Wildman–Crippen LogP) is 4.55. The van der Waals surface area contributed by atoms with Gasteiger partial charge in [-0.3, -0.25) is 0 Å². The lowest BCUT2D eigenvalue weighted by molar-refractivity contribution is -0.150. The third-order valence-electron chi connectivity index (χ3n) is 5.29. The minimum absolute atomic E-state index is 0.116.